The van der Waals surface area contributed by atoms with Gasteiger partial charge in [0.2, 0.25) is 15.9 Å². The quantitative estimate of drug-likeness (QED) is 0.399. The SMILES string of the molecule is O=C(CCCc1ccccc1)NCCNS(=O)(=O)c1ccc(N2CCCC(n3cccn3)C2)cc1. The zero-order chi connectivity index (χ0) is 24.5. The summed E-state index contributed by atoms with van der Waals surface area (Å²) in [6.07, 6.45) is 7.95. The highest BCUT2D eigenvalue weighted by Crippen LogP contribution is 2.26. The molecule has 1 saturated heterocycles. The summed E-state index contributed by atoms with van der Waals surface area (Å²) < 4.78 is 29.9. The Kier molecular flexibility index (Phi) is 8.54. The molecule has 0 aliphatic carbocycles. The molecule has 1 aliphatic heterocycles. The topological polar surface area (TPSA) is 96.3 Å². The minimum atomic E-state index is -3.64. The molecule has 2 heterocycles. The summed E-state index contributed by atoms with van der Waals surface area (Å²) in [4.78, 5) is 14.5. The molecule has 9 heteroatoms. The molecule has 1 amide bonds. The lowest BCUT2D eigenvalue weighted by molar-refractivity contribution is -0.121. The summed E-state index contributed by atoms with van der Waals surface area (Å²) in [5, 5.41) is 7.15. The van der Waals surface area contributed by atoms with Crippen LogP contribution in [0.1, 0.15) is 37.3 Å². The van der Waals surface area contributed by atoms with E-state index in [1.165, 1.54) is 5.56 Å². The van der Waals surface area contributed by atoms with Crippen LogP contribution in [0.5, 0.6) is 0 Å². The first-order chi connectivity index (χ1) is 17.0. The van der Waals surface area contributed by atoms with Crippen molar-refractivity contribution < 1.29 is 13.2 Å². The summed E-state index contributed by atoms with van der Waals surface area (Å²) in [6.45, 7) is 2.18. The largest absolute Gasteiger partial charge is 0.369 e. The third-order valence-electron chi connectivity index (χ3n) is 6.26. The molecule has 0 bridgehead atoms. The average Bonchev–Trinajstić information content (AvgIpc) is 3.43. The van der Waals surface area contributed by atoms with Crippen LogP contribution in [0.15, 0.2) is 78.0 Å². The van der Waals surface area contributed by atoms with Crippen molar-refractivity contribution in [3.63, 3.8) is 0 Å². The van der Waals surface area contributed by atoms with Gasteiger partial charge in [-0.05, 0) is 61.6 Å². The molecule has 1 aliphatic rings. The van der Waals surface area contributed by atoms with Gasteiger partial charge in [0, 0.05) is 50.7 Å². The number of carbonyl (C=O) groups is 1. The zero-order valence-electron chi connectivity index (χ0n) is 19.8. The number of benzene rings is 2. The first-order valence-corrected chi connectivity index (χ1v) is 13.6. The molecule has 1 atom stereocenters. The van der Waals surface area contributed by atoms with Gasteiger partial charge in [-0.2, -0.15) is 5.10 Å². The highest BCUT2D eigenvalue weighted by molar-refractivity contribution is 7.89. The second kappa shape index (κ2) is 12.0. The Morgan fingerprint density at radius 1 is 1.03 bits per heavy atom. The van der Waals surface area contributed by atoms with E-state index < -0.39 is 10.0 Å². The molecule has 2 aromatic carbocycles. The van der Waals surface area contributed by atoms with Crippen LogP contribution in [-0.2, 0) is 21.2 Å². The maximum Gasteiger partial charge on any atom is 0.240 e. The van der Waals surface area contributed by atoms with Crippen LogP contribution in [0.3, 0.4) is 0 Å². The van der Waals surface area contributed by atoms with Gasteiger partial charge in [-0.25, -0.2) is 13.1 Å². The van der Waals surface area contributed by atoms with Crippen molar-refractivity contribution in [2.24, 2.45) is 0 Å². The molecule has 0 radical (unpaired) electrons. The number of aryl methyl sites for hydroxylation is 1. The Morgan fingerprint density at radius 2 is 1.83 bits per heavy atom. The molecule has 186 valence electrons. The summed E-state index contributed by atoms with van der Waals surface area (Å²) in [6, 6.07) is 19.3. The Bertz CT molecular complexity index is 1170. The second-order valence-electron chi connectivity index (χ2n) is 8.81. The van der Waals surface area contributed by atoms with E-state index in [0.717, 1.165) is 44.5 Å². The number of carbonyl (C=O) groups excluding carboxylic acids is 1. The van der Waals surface area contributed by atoms with Crippen molar-refractivity contribution in [2.75, 3.05) is 31.1 Å². The molecule has 1 aromatic heterocycles. The standard InChI is InChI=1S/C26H33N5O3S/c32-26(11-4-9-22-7-2-1-3-8-22)27-17-18-29-35(33,34)25-14-12-23(13-15-25)30-19-5-10-24(21-30)31-20-6-16-28-31/h1-3,6-8,12-16,20,24,29H,4-5,9-11,17-19,21H2,(H,27,32). The number of hydrogen-bond acceptors (Lipinski definition) is 5. The van der Waals surface area contributed by atoms with Gasteiger partial charge in [0.05, 0.1) is 10.9 Å². The predicted molar refractivity (Wildman–Crippen MR) is 137 cm³/mol. The normalized spacial score (nSPS) is 16.2. The summed E-state index contributed by atoms with van der Waals surface area (Å²) in [5.74, 6) is -0.0700. The van der Waals surface area contributed by atoms with E-state index in [1.54, 1.807) is 18.3 Å². The molecule has 3 aromatic rings. The number of hydrogen-bond donors (Lipinski definition) is 2. The van der Waals surface area contributed by atoms with Crippen molar-refractivity contribution in [3.05, 3.63) is 78.6 Å². The molecule has 1 unspecified atom stereocenters. The number of amides is 1. The van der Waals surface area contributed by atoms with Gasteiger partial charge in [0.25, 0.3) is 0 Å². The Balaban J connectivity index is 1.20. The van der Waals surface area contributed by atoms with Gasteiger partial charge in [-0.15, -0.1) is 0 Å². The molecule has 1 fully saturated rings. The maximum atomic E-state index is 12.7. The van der Waals surface area contributed by atoms with Crippen LogP contribution in [0.25, 0.3) is 0 Å². The Labute approximate surface area is 207 Å². The highest BCUT2D eigenvalue weighted by atomic mass is 32.2. The van der Waals surface area contributed by atoms with Gasteiger partial charge < -0.3 is 10.2 Å². The number of nitrogens with one attached hydrogen (secondary N) is 2. The Hall–Kier alpha value is -3.17. The van der Waals surface area contributed by atoms with E-state index in [0.29, 0.717) is 12.5 Å². The van der Waals surface area contributed by atoms with E-state index >= 15 is 0 Å². The van der Waals surface area contributed by atoms with Crippen LogP contribution in [-0.4, -0.2) is 50.3 Å². The number of sulfonamides is 1. The van der Waals surface area contributed by atoms with E-state index in [1.807, 2.05) is 59.4 Å². The first kappa shape index (κ1) is 24.9. The fourth-order valence-corrected chi connectivity index (χ4v) is 5.43. The predicted octanol–water partition coefficient (Wildman–Crippen LogP) is 3.14. The van der Waals surface area contributed by atoms with Crippen molar-refractivity contribution in [3.8, 4) is 0 Å². The summed E-state index contributed by atoms with van der Waals surface area (Å²) in [5.41, 5.74) is 2.21. The van der Waals surface area contributed by atoms with Gasteiger partial charge in [0.15, 0.2) is 0 Å². The molecule has 8 nitrogen and oxygen atoms in total. The van der Waals surface area contributed by atoms with Crippen LogP contribution >= 0.6 is 0 Å². The molecule has 0 spiro atoms. The van der Waals surface area contributed by atoms with Crippen LogP contribution in [0, 0.1) is 0 Å². The first-order valence-electron chi connectivity index (χ1n) is 12.2. The molecule has 4 rings (SSSR count). The van der Waals surface area contributed by atoms with Crippen LogP contribution in [0.2, 0.25) is 0 Å². The van der Waals surface area contributed by atoms with Crippen molar-refractivity contribution >= 4 is 21.6 Å². The van der Waals surface area contributed by atoms with E-state index in [9.17, 15) is 13.2 Å². The number of anilines is 1. The van der Waals surface area contributed by atoms with Crippen LogP contribution < -0.4 is 14.9 Å². The number of aromatic nitrogens is 2. The summed E-state index contributed by atoms with van der Waals surface area (Å²) >= 11 is 0. The zero-order valence-corrected chi connectivity index (χ0v) is 20.7. The number of nitrogens with zero attached hydrogens (tertiary/aromatic N) is 3. The third kappa shape index (κ3) is 7.16. The highest BCUT2D eigenvalue weighted by Gasteiger charge is 2.22. The lowest BCUT2D eigenvalue weighted by Gasteiger charge is -2.34. The minimum Gasteiger partial charge on any atom is -0.369 e. The van der Waals surface area contributed by atoms with E-state index in [4.69, 9.17) is 0 Å². The fourth-order valence-electron chi connectivity index (χ4n) is 4.39. The van der Waals surface area contributed by atoms with Crippen molar-refractivity contribution in [1.29, 1.82) is 0 Å². The molecular formula is C26H33N5O3S. The van der Waals surface area contributed by atoms with Crippen molar-refractivity contribution in [2.45, 2.75) is 43.0 Å². The Morgan fingerprint density at radius 3 is 2.57 bits per heavy atom. The monoisotopic (exact) mass is 495 g/mol. The van der Waals surface area contributed by atoms with Gasteiger partial charge in [-0.3, -0.25) is 9.48 Å². The third-order valence-corrected chi connectivity index (χ3v) is 7.74. The smallest absolute Gasteiger partial charge is 0.240 e. The van der Waals surface area contributed by atoms with Crippen LogP contribution in [0.4, 0.5) is 5.69 Å². The van der Waals surface area contributed by atoms with E-state index in [-0.39, 0.29) is 23.9 Å². The number of piperidine rings is 1. The lowest BCUT2D eigenvalue weighted by Crippen LogP contribution is -2.37. The molecular weight excluding hydrogens is 462 g/mol. The van der Waals surface area contributed by atoms with E-state index in [2.05, 4.69) is 20.0 Å². The molecule has 2 N–H and O–H groups in total. The lowest BCUT2D eigenvalue weighted by atomic mass is 10.1. The summed E-state index contributed by atoms with van der Waals surface area (Å²) in [7, 11) is -3.64. The fraction of sp³-hybridized carbons (Fsp3) is 0.385. The minimum absolute atomic E-state index is 0.0700. The van der Waals surface area contributed by atoms with Crippen molar-refractivity contribution in [1.82, 2.24) is 19.8 Å². The maximum absolute atomic E-state index is 12.7. The van der Waals surface area contributed by atoms with Gasteiger partial charge in [0.1, 0.15) is 0 Å². The number of rotatable bonds is 11. The van der Waals surface area contributed by atoms with Gasteiger partial charge in [-0.1, -0.05) is 30.3 Å². The van der Waals surface area contributed by atoms with Gasteiger partial charge >= 0.3 is 0 Å². The molecule has 35 heavy (non-hydrogen) atoms. The molecule has 0 saturated carbocycles. The average molecular weight is 496 g/mol. The second-order valence-corrected chi connectivity index (χ2v) is 10.6.